The molecule has 0 spiro atoms. The topological polar surface area (TPSA) is 110 Å². The molecule has 0 unspecified atom stereocenters. The van der Waals surface area contributed by atoms with E-state index in [-0.39, 0.29) is 12.4 Å². The first kappa shape index (κ1) is 25.0. The number of aromatic nitrogens is 1. The standard InChI is InChI=1S/C27H34N4O3/c1-16(2)13-23-21(15-29-26(32)34-27(4,5)6)24(18-9-7-17(3)8-10-18)20-14-19(25(28)31-33)11-12-22(20)30-23/h7-12,14,16,33H,13,15H2,1-6H3,(H2,28,31)(H,29,32). The monoisotopic (exact) mass is 462 g/mol. The Balaban J connectivity index is 2.26. The average Bonchev–Trinajstić information content (AvgIpc) is 2.75. The van der Waals surface area contributed by atoms with E-state index >= 15 is 0 Å². The van der Waals surface area contributed by atoms with Crippen molar-refractivity contribution in [3.8, 4) is 11.1 Å². The van der Waals surface area contributed by atoms with Crippen molar-refractivity contribution in [1.29, 1.82) is 0 Å². The van der Waals surface area contributed by atoms with Gasteiger partial charge in [-0.1, -0.05) is 48.8 Å². The summed E-state index contributed by atoms with van der Waals surface area (Å²) in [6.45, 7) is 12.1. The van der Waals surface area contributed by atoms with Crippen molar-refractivity contribution < 1.29 is 14.7 Å². The highest BCUT2D eigenvalue weighted by atomic mass is 16.6. The number of fused-ring (bicyclic) bond motifs is 1. The van der Waals surface area contributed by atoms with Crippen molar-refractivity contribution in [2.45, 2.75) is 60.1 Å². The first-order chi connectivity index (χ1) is 16.0. The molecule has 1 heterocycles. The number of pyridine rings is 1. The van der Waals surface area contributed by atoms with Crippen LogP contribution in [-0.4, -0.2) is 27.7 Å². The summed E-state index contributed by atoms with van der Waals surface area (Å²) in [6.07, 6.45) is 0.269. The molecule has 0 saturated heterocycles. The van der Waals surface area contributed by atoms with Gasteiger partial charge in [0.1, 0.15) is 5.60 Å². The predicted octanol–water partition coefficient (Wildman–Crippen LogP) is 5.53. The number of amides is 1. The summed E-state index contributed by atoms with van der Waals surface area (Å²) in [7, 11) is 0. The molecule has 0 fully saturated rings. The van der Waals surface area contributed by atoms with Crippen LogP contribution in [0.1, 0.15) is 57.0 Å². The maximum absolute atomic E-state index is 12.5. The fourth-order valence-corrected chi connectivity index (χ4v) is 3.84. The molecule has 0 atom stereocenters. The zero-order chi connectivity index (χ0) is 25.0. The average molecular weight is 463 g/mol. The Labute approximate surface area is 201 Å². The SMILES string of the molecule is Cc1ccc(-c2c(CNC(=O)OC(C)(C)C)c(CC(C)C)nc3ccc(/C(N)=N\O)cc23)cc1. The molecule has 2 aromatic carbocycles. The van der Waals surface area contributed by atoms with Crippen molar-refractivity contribution in [3.63, 3.8) is 0 Å². The van der Waals surface area contributed by atoms with E-state index in [0.29, 0.717) is 11.5 Å². The Bertz CT molecular complexity index is 1210. The van der Waals surface area contributed by atoms with Gasteiger partial charge in [0, 0.05) is 28.8 Å². The number of nitrogens with zero attached hydrogens (tertiary/aromatic N) is 2. The molecule has 3 rings (SSSR count). The summed E-state index contributed by atoms with van der Waals surface area (Å²) < 4.78 is 5.46. The van der Waals surface area contributed by atoms with Crippen LogP contribution in [0.2, 0.25) is 0 Å². The molecule has 0 bridgehead atoms. The second-order valence-electron chi connectivity index (χ2n) is 9.95. The van der Waals surface area contributed by atoms with Gasteiger partial charge in [-0.25, -0.2) is 4.79 Å². The molecule has 0 aliphatic carbocycles. The highest BCUT2D eigenvalue weighted by Gasteiger charge is 2.21. The van der Waals surface area contributed by atoms with Gasteiger partial charge < -0.3 is 21.0 Å². The third-order valence-corrected chi connectivity index (χ3v) is 5.33. The van der Waals surface area contributed by atoms with E-state index < -0.39 is 11.7 Å². The second-order valence-corrected chi connectivity index (χ2v) is 9.95. The molecular weight excluding hydrogens is 428 g/mol. The number of carbonyl (C=O) groups excluding carboxylic acids is 1. The van der Waals surface area contributed by atoms with Gasteiger partial charge in [0.05, 0.1) is 5.52 Å². The molecule has 0 aliphatic rings. The van der Waals surface area contributed by atoms with Crippen LogP contribution >= 0.6 is 0 Å². The quantitative estimate of drug-likeness (QED) is 0.193. The van der Waals surface area contributed by atoms with Crippen LogP contribution in [0.3, 0.4) is 0 Å². The van der Waals surface area contributed by atoms with E-state index in [1.165, 1.54) is 0 Å². The van der Waals surface area contributed by atoms with Gasteiger partial charge in [0.15, 0.2) is 5.84 Å². The molecule has 3 aromatic rings. The molecule has 4 N–H and O–H groups in total. The maximum atomic E-state index is 12.5. The number of carbonyl (C=O) groups is 1. The van der Waals surface area contributed by atoms with Crippen LogP contribution in [0.4, 0.5) is 4.79 Å². The molecule has 180 valence electrons. The number of hydrogen-bond acceptors (Lipinski definition) is 5. The lowest BCUT2D eigenvalue weighted by Gasteiger charge is -2.22. The molecule has 7 nitrogen and oxygen atoms in total. The maximum Gasteiger partial charge on any atom is 0.407 e. The minimum atomic E-state index is -0.595. The Morgan fingerprint density at radius 1 is 1.18 bits per heavy atom. The summed E-state index contributed by atoms with van der Waals surface area (Å²) in [6, 6.07) is 13.8. The largest absolute Gasteiger partial charge is 0.444 e. The van der Waals surface area contributed by atoms with Gasteiger partial charge in [-0.3, -0.25) is 4.98 Å². The Kier molecular flexibility index (Phi) is 7.44. The predicted molar refractivity (Wildman–Crippen MR) is 136 cm³/mol. The number of nitrogens with one attached hydrogen (secondary N) is 1. The highest BCUT2D eigenvalue weighted by molar-refractivity contribution is 6.04. The molecule has 0 aliphatic heterocycles. The molecule has 0 radical (unpaired) electrons. The lowest BCUT2D eigenvalue weighted by atomic mass is 9.90. The van der Waals surface area contributed by atoms with Crippen molar-refractivity contribution in [2.24, 2.45) is 16.8 Å². The molecule has 1 aromatic heterocycles. The van der Waals surface area contributed by atoms with Crippen LogP contribution in [0.15, 0.2) is 47.6 Å². The number of nitrogens with two attached hydrogens (primary N) is 1. The fourth-order valence-electron chi connectivity index (χ4n) is 3.84. The third-order valence-electron chi connectivity index (χ3n) is 5.33. The lowest BCUT2D eigenvalue weighted by molar-refractivity contribution is 0.0523. The summed E-state index contributed by atoms with van der Waals surface area (Å²) in [4.78, 5) is 17.5. The molecule has 34 heavy (non-hydrogen) atoms. The highest BCUT2D eigenvalue weighted by Crippen LogP contribution is 2.35. The van der Waals surface area contributed by atoms with Crippen molar-refractivity contribution >= 4 is 22.8 Å². The normalized spacial score (nSPS) is 12.3. The van der Waals surface area contributed by atoms with Gasteiger partial charge in [-0.05, 0) is 69.4 Å². The van der Waals surface area contributed by atoms with Crippen molar-refractivity contribution in [2.75, 3.05) is 0 Å². The zero-order valence-electron chi connectivity index (χ0n) is 20.8. The van der Waals surface area contributed by atoms with E-state index in [2.05, 4.69) is 48.6 Å². The number of aryl methyl sites for hydroxylation is 1. The molecule has 1 amide bonds. The summed E-state index contributed by atoms with van der Waals surface area (Å²) in [5.74, 6) is 0.393. The van der Waals surface area contributed by atoms with Crippen LogP contribution in [0.5, 0.6) is 0 Å². The van der Waals surface area contributed by atoms with Gasteiger partial charge in [-0.15, -0.1) is 0 Å². The van der Waals surface area contributed by atoms with Gasteiger partial charge in [0.2, 0.25) is 0 Å². The number of hydrogen-bond donors (Lipinski definition) is 3. The minimum Gasteiger partial charge on any atom is -0.444 e. The zero-order valence-corrected chi connectivity index (χ0v) is 20.8. The Morgan fingerprint density at radius 2 is 1.85 bits per heavy atom. The second kappa shape index (κ2) is 10.1. The smallest absolute Gasteiger partial charge is 0.407 e. The van der Waals surface area contributed by atoms with E-state index in [9.17, 15) is 10.0 Å². The van der Waals surface area contributed by atoms with Crippen molar-refractivity contribution in [3.05, 3.63) is 64.8 Å². The third kappa shape index (κ3) is 6.04. The number of amidine groups is 1. The lowest BCUT2D eigenvalue weighted by Crippen LogP contribution is -2.32. The Morgan fingerprint density at radius 3 is 2.44 bits per heavy atom. The van der Waals surface area contributed by atoms with E-state index in [1.807, 2.05) is 39.8 Å². The first-order valence-corrected chi connectivity index (χ1v) is 11.5. The first-order valence-electron chi connectivity index (χ1n) is 11.5. The minimum absolute atomic E-state index is 0.0245. The molecule has 0 saturated carbocycles. The number of rotatable bonds is 6. The number of alkyl carbamates (subject to hydrolysis) is 1. The summed E-state index contributed by atoms with van der Waals surface area (Å²) >= 11 is 0. The summed E-state index contributed by atoms with van der Waals surface area (Å²) in [5.41, 5.74) is 11.7. The van der Waals surface area contributed by atoms with Crippen LogP contribution in [0.25, 0.3) is 22.0 Å². The number of benzene rings is 2. The summed E-state index contributed by atoms with van der Waals surface area (Å²) in [5, 5.41) is 16.1. The van der Waals surface area contributed by atoms with Crippen molar-refractivity contribution in [1.82, 2.24) is 10.3 Å². The number of ether oxygens (including phenoxy) is 1. The van der Waals surface area contributed by atoms with E-state index in [1.54, 1.807) is 6.07 Å². The fraction of sp³-hybridized carbons (Fsp3) is 0.370. The van der Waals surface area contributed by atoms with Crippen LogP contribution in [0, 0.1) is 12.8 Å². The van der Waals surface area contributed by atoms with Crippen LogP contribution in [-0.2, 0) is 17.7 Å². The van der Waals surface area contributed by atoms with Gasteiger partial charge in [0.25, 0.3) is 0 Å². The van der Waals surface area contributed by atoms with Gasteiger partial charge >= 0.3 is 6.09 Å². The molecular formula is C27H34N4O3. The van der Waals surface area contributed by atoms with Crippen LogP contribution < -0.4 is 11.1 Å². The molecule has 7 heteroatoms. The van der Waals surface area contributed by atoms with Gasteiger partial charge in [-0.2, -0.15) is 0 Å². The Hall–Kier alpha value is -3.61. The van der Waals surface area contributed by atoms with E-state index in [0.717, 1.165) is 45.3 Å². The number of oxime groups is 1. The van der Waals surface area contributed by atoms with E-state index in [4.69, 9.17) is 15.5 Å².